The van der Waals surface area contributed by atoms with Crippen LogP contribution >= 0.6 is 11.6 Å². The number of carbonyl (C=O) groups excluding carboxylic acids is 1. The van der Waals surface area contributed by atoms with Gasteiger partial charge >= 0.3 is 0 Å². The highest BCUT2D eigenvalue weighted by Crippen LogP contribution is 2.41. The number of amides is 1. The Labute approximate surface area is 126 Å². The summed E-state index contributed by atoms with van der Waals surface area (Å²) in [6.45, 7) is 0. The molecule has 0 atom stereocenters. The topological polar surface area (TPSA) is 74.8 Å². The van der Waals surface area contributed by atoms with Gasteiger partial charge in [0.05, 0.1) is 5.54 Å². The van der Waals surface area contributed by atoms with Crippen LogP contribution in [-0.4, -0.2) is 16.1 Å². The molecule has 5 nitrogen and oxygen atoms in total. The molecule has 0 unspecified atom stereocenters. The number of halogens is 1. The van der Waals surface area contributed by atoms with Crippen LogP contribution in [0.2, 0.25) is 5.02 Å². The molecule has 0 radical (unpaired) electrons. The van der Waals surface area contributed by atoms with E-state index in [-0.39, 0.29) is 22.7 Å². The fourth-order valence-electron chi connectivity index (χ4n) is 2.54. The summed E-state index contributed by atoms with van der Waals surface area (Å²) >= 11 is 5.91. The van der Waals surface area contributed by atoms with E-state index < -0.39 is 0 Å². The molecule has 1 aromatic carbocycles. The highest BCUT2D eigenvalue weighted by Gasteiger charge is 2.40. The molecule has 1 amide bonds. The zero-order chi connectivity index (χ0) is 14.9. The van der Waals surface area contributed by atoms with Gasteiger partial charge in [-0.25, -0.2) is 5.10 Å². The van der Waals surface area contributed by atoms with Gasteiger partial charge in [-0.15, -0.1) is 0 Å². The van der Waals surface area contributed by atoms with Crippen molar-refractivity contribution in [3.63, 3.8) is 0 Å². The molecule has 1 aliphatic carbocycles. The molecule has 0 spiro atoms. The molecule has 6 heteroatoms. The zero-order valence-corrected chi connectivity index (χ0v) is 12.0. The van der Waals surface area contributed by atoms with Gasteiger partial charge in [0.1, 0.15) is 5.69 Å². The first-order chi connectivity index (χ1) is 10.1. The minimum atomic E-state index is -0.362. The molecular weight excluding hydrogens is 290 g/mol. The summed E-state index contributed by atoms with van der Waals surface area (Å²) in [5, 5.41) is 9.73. The van der Waals surface area contributed by atoms with E-state index in [4.69, 9.17) is 11.6 Å². The Morgan fingerprint density at radius 1 is 1.19 bits per heavy atom. The monoisotopic (exact) mass is 303 g/mol. The maximum atomic E-state index is 12.3. The quantitative estimate of drug-likeness (QED) is 0.913. The molecule has 2 aromatic rings. The number of nitrogens with zero attached hydrogens (tertiary/aromatic N) is 1. The van der Waals surface area contributed by atoms with E-state index in [1.165, 1.54) is 12.1 Å². The van der Waals surface area contributed by atoms with E-state index in [1.807, 2.05) is 24.3 Å². The van der Waals surface area contributed by atoms with Gasteiger partial charge in [-0.3, -0.25) is 9.59 Å². The third kappa shape index (κ3) is 2.69. The third-order valence-corrected chi connectivity index (χ3v) is 4.12. The molecule has 0 saturated heterocycles. The Bertz CT molecular complexity index is 700. The van der Waals surface area contributed by atoms with E-state index in [1.54, 1.807) is 0 Å². The standard InChI is InChI=1S/C15H14ClN3O2/c16-11-4-2-10(3-5-11)15(8-1-9-15)17-14(21)12-6-7-13(20)19-18-12/h2-7H,1,8-9H2,(H,17,21)(H,19,20). The normalized spacial score (nSPS) is 16.0. The van der Waals surface area contributed by atoms with Gasteiger partial charge in [0.15, 0.2) is 0 Å². The van der Waals surface area contributed by atoms with E-state index in [0.717, 1.165) is 24.8 Å². The molecule has 1 aliphatic rings. The number of H-pyrrole nitrogens is 1. The van der Waals surface area contributed by atoms with Crippen LogP contribution < -0.4 is 10.9 Å². The van der Waals surface area contributed by atoms with Gasteiger partial charge in [-0.2, -0.15) is 5.10 Å². The van der Waals surface area contributed by atoms with Crippen molar-refractivity contribution in [1.29, 1.82) is 0 Å². The maximum Gasteiger partial charge on any atom is 0.272 e. The minimum absolute atomic E-state index is 0.204. The van der Waals surface area contributed by atoms with E-state index in [0.29, 0.717) is 5.02 Å². The molecule has 108 valence electrons. The maximum absolute atomic E-state index is 12.3. The number of carbonyl (C=O) groups is 1. The van der Waals surface area contributed by atoms with Crippen LogP contribution in [-0.2, 0) is 5.54 Å². The van der Waals surface area contributed by atoms with Gasteiger partial charge in [-0.05, 0) is 43.0 Å². The van der Waals surface area contributed by atoms with Crippen LogP contribution in [0.4, 0.5) is 0 Å². The molecule has 21 heavy (non-hydrogen) atoms. The van der Waals surface area contributed by atoms with Gasteiger partial charge in [-0.1, -0.05) is 23.7 Å². The molecule has 0 bridgehead atoms. The number of benzene rings is 1. The smallest absolute Gasteiger partial charge is 0.272 e. The largest absolute Gasteiger partial charge is 0.341 e. The fraction of sp³-hybridized carbons (Fsp3) is 0.267. The Hall–Kier alpha value is -2.14. The SMILES string of the molecule is O=C(NC1(c2ccc(Cl)cc2)CCC1)c1ccc(=O)[nH]n1. The van der Waals surface area contributed by atoms with Crippen LogP contribution in [0.5, 0.6) is 0 Å². The number of nitrogens with one attached hydrogen (secondary N) is 2. The second kappa shape index (κ2) is 5.33. The zero-order valence-electron chi connectivity index (χ0n) is 11.2. The Morgan fingerprint density at radius 2 is 1.90 bits per heavy atom. The van der Waals surface area contributed by atoms with E-state index >= 15 is 0 Å². The predicted octanol–water partition coefficient (Wildman–Crippen LogP) is 2.23. The highest BCUT2D eigenvalue weighted by atomic mass is 35.5. The summed E-state index contributed by atoms with van der Waals surface area (Å²) in [6, 6.07) is 10.2. The highest BCUT2D eigenvalue weighted by molar-refractivity contribution is 6.30. The second-order valence-electron chi connectivity index (χ2n) is 5.20. The second-order valence-corrected chi connectivity index (χ2v) is 5.64. The lowest BCUT2D eigenvalue weighted by Crippen LogP contribution is -2.51. The Kier molecular flexibility index (Phi) is 3.51. The predicted molar refractivity (Wildman–Crippen MR) is 79.3 cm³/mol. The first-order valence-corrected chi connectivity index (χ1v) is 7.11. The van der Waals surface area contributed by atoms with Crippen LogP contribution in [0.25, 0.3) is 0 Å². The average Bonchev–Trinajstić information content (AvgIpc) is 2.44. The lowest BCUT2D eigenvalue weighted by Gasteiger charge is -2.43. The van der Waals surface area contributed by atoms with Crippen molar-refractivity contribution in [3.8, 4) is 0 Å². The number of hydrogen-bond acceptors (Lipinski definition) is 3. The summed E-state index contributed by atoms with van der Waals surface area (Å²) in [7, 11) is 0. The first-order valence-electron chi connectivity index (χ1n) is 6.73. The van der Waals surface area contributed by atoms with Crippen molar-refractivity contribution in [1.82, 2.24) is 15.5 Å². The van der Waals surface area contributed by atoms with Crippen LogP contribution in [0.15, 0.2) is 41.2 Å². The lowest BCUT2D eigenvalue weighted by molar-refractivity contribution is 0.0817. The molecule has 0 aliphatic heterocycles. The summed E-state index contributed by atoms with van der Waals surface area (Å²) in [5.74, 6) is -0.291. The number of aromatic nitrogens is 2. The van der Waals surface area contributed by atoms with Crippen molar-refractivity contribution in [2.75, 3.05) is 0 Å². The molecule has 1 aromatic heterocycles. The van der Waals surface area contributed by atoms with Crippen molar-refractivity contribution in [2.45, 2.75) is 24.8 Å². The third-order valence-electron chi connectivity index (χ3n) is 3.87. The molecule has 2 N–H and O–H groups in total. The lowest BCUT2D eigenvalue weighted by atomic mass is 9.71. The molecule has 1 saturated carbocycles. The van der Waals surface area contributed by atoms with E-state index in [2.05, 4.69) is 15.5 Å². The van der Waals surface area contributed by atoms with Crippen molar-refractivity contribution in [3.05, 3.63) is 63.0 Å². The van der Waals surface area contributed by atoms with Crippen LogP contribution in [0, 0.1) is 0 Å². The summed E-state index contributed by atoms with van der Waals surface area (Å²) < 4.78 is 0. The van der Waals surface area contributed by atoms with Gasteiger partial charge in [0.2, 0.25) is 0 Å². The molecule has 3 rings (SSSR count). The Balaban J connectivity index is 1.84. The van der Waals surface area contributed by atoms with Crippen molar-refractivity contribution in [2.24, 2.45) is 0 Å². The van der Waals surface area contributed by atoms with Crippen molar-refractivity contribution >= 4 is 17.5 Å². The molecular formula is C15H14ClN3O2. The molecule has 1 fully saturated rings. The first kappa shape index (κ1) is 13.8. The van der Waals surface area contributed by atoms with Gasteiger partial charge < -0.3 is 5.32 Å². The summed E-state index contributed by atoms with van der Waals surface area (Å²) in [4.78, 5) is 23.3. The van der Waals surface area contributed by atoms with E-state index in [9.17, 15) is 9.59 Å². The number of hydrogen-bond donors (Lipinski definition) is 2. The minimum Gasteiger partial charge on any atom is -0.341 e. The average molecular weight is 304 g/mol. The molecule has 1 heterocycles. The van der Waals surface area contributed by atoms with Gasteiger partial charge in [0.25, 0.3) is 11.5 Å². The van der Waals surface area contributed by atoms with Gasteiger partial charge in [0, 0.05) is 11.1 Å². The summed E-state index contributed by atoms with van der Waals surface area (Å²) in [5.41, 5.74) is 0.549. The van der Waals surface area contributed by atoms with Crippen molar-refractivity contribution < 1.29 is 4.79 Å². The fourth-order valence-corrected chi connectivity index (χ4v) is 2.66. The van der Waals surface area contributed by atoms with Crippen LogP contribution in [0.1, 0.15) is 35.3 Å². The number of aromatic amines is 1. The van der Waals surface area contributed by atoms with Crippen LogP contribution in [0.3, 0.4) is 0 Å². The number of rotatable bonds is 3. The Morgan fingerprint density at radius 3 is 2.43 bits per heavy atom. The summed E-state index contributed by atoms with van der Waals surface area (Å²) in [6.07, 6.45) is 2.81.